The van der Waals surface area contributed by atoms with Crippen LogP contribution in [0.4, 0.5) is 0 Å². The number of aromatic carboxylic acids is 1. The molecule has 0 spiro atoms. The fourth-order valence-electron chi connectivity index (χ4n) is 2.64. The molecule has 0 unspecified atom stereocenters. The number of hydrogen-bond acceptors (Lipinski definition) is 1. The molecular formula is C17H15NO2. The minimum atomic E-state index is -0.879. The molecule has 0 radical (unpaired) electrons. The van der Waals surface area contributed by atoms with Crippen molar-refractivity contribution >= 4 is 16.9 Å². The Morgan fingerprint density at radius 3 is 2.55 bits per heavy atom. The van der Waals surface area contributed by atoms with Crippen molar-refractivity contribution in [3.8, 4) is 0 Å². The van der Waals surface area contributed by atoms with E-state index in [0.29, 0.717) is 5.56 Å². The first-order valence-corrected chi connectivity index (χ1v) is 6.51. The van der Waals surface area contributed by atoms with E-state index in [1.807, 2.05) is 48.0 Å². The normalized spacial score (nSPS) is 10.8. The summed E-state index contributed by atoms with van der Waals surface area (Å²) in [6.45, 7) is 0. The third-order valence-electron chi connectivity index (χ3n) is 3.57. The molecule has 3 heteroatoms. The van der Waals surface area contributed by atoms with Crippen molar-refractivity contribution in [3.63, 3.8) is 0 Å². The summed E-state index contributed by atoms with van der Waals surface area (Å²) < 4.78 is 1.87. The SMILES string of the molecule is Cn1cc(C(=O)O)c2c(Cc3ccccc3)cccc21. The molecule has 1 N–H and O–H groups in total. The van der Waals surface area contributed by atoms with Crippen LogP contribution in [0.3, 0.4) is 0 Å². The molecule has 0 aliphatic heterocycles. The fourth-order valence-corrected chi connectivity index (χ4v) is 2.64. The highest BCUT2D eigenvalue weighted by atomic mass is 16.4. The van der Waals surface area contributed by atoms with Gasteiger partial charge in [-0.3, -0.25) is 0 Å². The lowest BCUT2D eigenvalue weighted by Crippen LogP contribution is -1.97. The minimum absolute atomic E-state index is 0.369. The Balaban J connectivity index is 2.18. The average molecular weight is 265 g/mol. The van der Waals surface area contributed by atoms with Gasteiger partial charge in [0.1, 0.15) is 0 Å². The smallest absolute Gasteiger partial charge is 0.337 e. The first kappa shape index (κ1) is 12.5. The monoisotopic (exact) mass is 265 g/mol. The van der Waals surface area contributed by atoms with E-state index in [2.05, 4.69) is 12.1 Å². The van der Waals surface area contributed by atoms with Crippen molar-refractivity contribution in [1.82, 2.24) is 4.57 Å². The molecule has 0 aliphatic rings. The summed E-state index contributed by atoms with van der Waals surface area (Å²) in [6.07, 6.45) is 2.42. The van der Waals surface area contributed by atoms with Crippen LogP contribution in [0.25, 0.3) is 10.9 Å². The lowest BCUT2D eigenvalue weighted by Gasteiger charge is -2.05. The number of aryl methyl sites for hydroxylation is 1. The quantitative estimate of drug-likeness (QED) is 0.788. The van der Waals surface area contributed by atoms with Gasteiger partial charge >= 0.3 is 5.97 Å². The van der Waals surface area contributed by atoms with Crippen LogP contribution in [0.15, 0.2) is 54.7 Å². The molecule has 0 amide bonds. The molecule has 1 aromatic heterocycles. The molecule has 1 heterocycles. The van der Waals surface area contributed by atoms with Crippen LogP contribution in [0.5, 0.6) is 0 Å². The number of hydrogen-bond donors (Lipinski definition) is 1. The Hall–Kier alpha value is -2.55. The van der Waals surface area contributed by atoms with Crippen LogP contribution in [0.1, 0.15) is 21.5 Å². The van der Waals surface area contributed by atoms with Gasteiger partial charge in [0.25, 0.3) is 0 Å². The third-order valence-corrected chi connectivity index (χ3v) is 3.57. The maximum atomic E-state index is 11.4. The van der Waals surface area contributed by atoms with Gasteiger partial charge in [0, 0.05) is 24.1 Å². The number of carboxylic acids is 1. The molecule has 3 rings (SSSR count). The summed E-state index contributed by atoms with van der Waals surface area (Å²) >= 11 is 0. The predicted octanol–water partition coefficient (Wildman–Crippen LogP) is 3.47. The number of carbonyl (C=O) groups is 1. The van der Waals surface area contributed by atoms with Crippen LogP contribution in [-0.4, -0.2) is 15.6 Å². The van der Waals surface area contributed by atoms with Gasteiger partial charge < -0.3 is 9.67 Å². The van der Waals surface area contributed by atoms with Crippen molar-refractivity contribution in [2.24, 2.45) is 7.05 Å². The Morgan fingerprint density at radius 2 is 1.85 bits per heavy atom. The topological polar surface area (TPSA) is 42.2 Å². The number of rotatable bonds is 3. The molecule has 100 valence electrons. The highest BCUT2D eigenvalue weighted by Gasteiger charge is 2.15. The van der Waals surface area contributed by atoms with Crippen LogP contribution in [-0.2, 0) is 13.5 Å². The molecular weight excluding hydrogens is 250 g/mol. The molecule has 0 fully saturated rings. The van der Waals surface area contributed by atoms with Crippen molar-refractivity contribution in [2.75, 3.05) is 0 Å². The summed E-state index contributed by atoms with van der Waals surface area (Å²) in [6, 6.07) is 16.0. The van der Waals surface area contributed by atoms with E-state index >= 15 is 0 Å². The highest BCUT2D eigenvalue weighted by Crippen LogP contribution is 2.26. The number of carboxylic acid groups (broad SMARTS) is 1. The van der Waals surface area contributed by atoms with Gasteiger partial charge in [-0.25, -0.2) is 4.79 Å². The zero-order valence-corrected chi connectivity index (χ0v) is 11.2. The second-order valence-electron chi connectivity index (χ2n) is 4.93. The molecule has 0 saturated carbocycles. The zero-order chi connectivity index (χ0) is 14.1. The third kappa shape index (κ3) is 2.07. The maximum Gasteiger partial charge on any atom is 0.337 e. The Kier molecular flexibility index (Phi) is 3.03. The van der Waals surface area contributed by atoms with Gasteiger partial charge in [-0.05, 0) is 23.6 Å². The molecule has 3 nitrogen and oxygen atoms in total. The van der Waals surface area contributed by atoms with E-state index in [9.17, 15) is 9.90 Å². The second kappa shape index (κ2) is 4.85. The van der Waals surface area contributed by atoms with Crippen LogP contribution in [0, 0.1) is 0 Å². The zero-order valence-electron chi connectivity index (χ0n) is 11.2. The summed E-state index contributed by atoms with van der Waals surface area (Å²) in [5, 5.41) is 10.2. The van der Waals surface area contributed by atoms with Gasteiger partial charge in [-0.2, -0.15) is 0 Å². The molecule has 2 aromatic carbocycles. The summed E-state index contributed by atoms with van der Waals surface area (Å²) in [7, 11) is 1.88. The largest absolute Gasteiger partial charge is 0.478 e. The first-order chi connectivity index (χ1) is 9.66. The molecule has 0 bridgehead atoms. The maximum absolute atomic E-state index is 11.4. The van der Waals surface area contributed by atoms with E-state index in [4.69, 9.17) is 0 Å². The van der Waals surface area contributed by atoms with Crippen LogP contribution >= 0.6 is 0 Å². The van der Waals surface area contributed by atoms with Crippen molar-refractivity contribution < 1.29 is 9.90 Å². The lowest BCUT2D eigenvalue weighted by molar-refractivity contribution is 0.0698. The predicted molar refractivity (Wildman–Crippen MR) is 79.1 cm³/mol. The van der Waals surface area contributed by atoms with E-state index in [0.717, 1.165) is 22.9 Å². The van der Waals surface area contributed by atoms with Crippen molar-refractivity contribution in [1.29, 1.82) is 0 Å². The lowest BCUT2D eigenvalue weighted by atomic mass is 9.99. The summed E-state index contributed by atoms with van der Waals surface area (Å²) in [4.78, 5) is 11.4. The Labute approximate surface area is 117 Å². The highest BCUT2D eigenvalue weighted by molar-refractivity contribution is 6.05. The average Bonchev–Trinajstić information content (AvgIpc) is 2.79. The summed E-state index contributed by atoms with van der Waals surface area (Å²) in [5.74, 6) is -0.879. The van der Waals surface area contributed by atoms with E-state index in [1.54, 1.807) is 6.20 Å². The Morgan fingerprint density at radius 1 is 1.10 bits per heavy atom. The van der Waals surface area contributed by atoms with Gasteiger partial charge in [0.05, 0.1) is 5.56 Å². The van der Waals surface area contributed by atoms with E-state index < -0.39 is 5.97 Å². The number of benzene rings is 2. The fraction of sp³-hybridized carbons (Fsp3) is 0.118. The van der Waals surface area contributed by atoms with Crippen LogP contribution < -0.4 is 0 Å². The van der Waals surface area contributed by atoms with Gasteiger partial charge in [0.15, 0.2) is 0 Å². The molecule has 0 aliphatic carbocycles. The molecule has 3 aromatic rings. The van der Waals surface area contributed by atoms with E-state index in [1.165, 1.54) is 5.56 Å². The summed E-state index contributed by atoms with van der Waals surface area (Å²) in [5.41, 5.74) is 3.55. The van der Waals surface area contributed by atoms with Gasteiger partial charge in [0.2, 0.25) is 0 Å². The number of nitrogens with zero attached hydrogens (tertiary/aromatic N) is 1. The van der Waals surface area contributed by atoms with Crippen LogP contribution in [0.2, 0.25) is 0 Å². The van der Waals surface area contributed by atoms with Crippen molar-refractivity contribution in [2.45, 2.75) is 6.42 Å². The van der Waals surface area contributed by atoms with E-state index in [-0.39, 0.29) is 0 Å². The molecule has 0 atom stereocenters. The molecule has 0 saturated heterocycles. The minimum Gasteiger partial charge on any atom is -0.478 e. The number of aromatic nitrogens is 1. The van der Waals surface area contributed by atoms with Gasteiger partial charge in [-0.1, -0.05) is 42.5 Å². The second-order valence-corrected chi connectivity index (χ2v) is 4.93. The van der Waals surface area contributed by atoms with Gasteiger partial charge in [-0.15, -0.1) is 0 Å². The molecule has 20 heavy (non-hydrogen) atoms. The van der Waals surface area contributed by atoms with Crippen molar-refractivity contribution in [3.05, 3.63) is 71.4 Å². The Bertz CT molecular complexity index is 772. The number of fused-ring (bicyclic) bond motifs is 1. The first-order valence-electron chi connectivity index (χ1n) is 6.51. The standard InChI is InChI=1S/C17H15NO2/c1-18-11-14(17(19)20)16-13(8-5-9-15(16)18)10-12-6-3-2-4-7-12/h2-9,11H,10H2,1H3,(H,19,20).